The number of thioether (sulfide) groups is 1. The predicted molar refractivity (Wildman–Crippen MR) is 88.2 cm³/mol. The summed E-state index contributed by atoms with van der Waals surface area (Å²) in [6.45, 7) is 5.62. The molecular weight excluding hydrogens is 318 g/mol. The van der Waals surface area contributed by atoms with Crippen LogP contribution in [0.2, 0.25) is 0 Å². The van der Waals surface area contributed by atoms with Crippen molar-refractivity contribution in [2.45, 2.75) is 50.4 Å². The monoisotopic (exact) mass is 337 g/mol. The van der Waals surface area contributed by atoms with Gasteiger partial charge in [0.25, 0.3) is 0 Å². The minimum Gasteiger partial charge on any atom is -0.459 e. The van der Waals surface area contributed by atoms with E-state index in [1.807, 2.05) is 32.2 Å². The number of esters is 1. The van der Waals surface area contributed by atoms with Crippen molar-refractivity contribution in [3.05, 3.63) is 17.5 Å². The van der Waals surface area contributed by atoms with Crippen molar-refractivity contribution < 1.29 is 9.53 Å². The summed E-state index contributed by atoms with van der Waals surface area (Å²) >= 11 is 3.06. The summed E-state index contributed by atoms with van der Waals surface area (Å²) in [5.41, 5.74) is -0.454. The van der Waals surface area contributed by atoms with Gasteiger partial charge in [-0.25, -0.2) is 0 Å². The Labute approximate surface area is 138 Å². The first-order valence-corrected chi connectivity index (χ1v) is 9.14. The molecule has 0 radical (unpaired) electrons. The van der Waals surface area contributed by atoms with Gasteiger partial charge >= 0.3 is 5.97 Å². The van der Waals surface area contributed by atoms with Gasteiger partial charge in [0.1, 0.15) is 5.60 Å². The van der Waals surface area contributed by atoms with E-state index < -0.39 is 5.60 Å². The summed E-state index contributed by atoms with van der Waals surface area (Å²) in [4.78, 5) is 13.0. The zero-order valence-electron chi connectivity index (χ0n) is 12.9. The van der Waals surface area contributed by atoms with E-state index in [1.54, 1.807) is 11.3 Å². The highest BCUT2D eigenvalue weighted by Crippen LogP contribution is 2.41. The van der Waals surface area contributed by atoms with E-state index in [4.69, 9.17) is 4.74 Å². The number of hydrogen-bond acceptors (Lipinski definition) is 6. The highest BCUT2D eigenvalue weighted by atomic mass is 32.2. The summed E-state index contributed by atoms with van der Waals surface area (Å²) in [5.74, 6) is 0.941. The van der Waals surface area contributed by atoms with Crippen LogP contribution in [0.1, 0.15) is 39.7 Å². The highest BCUT2D eigenvalue weighted by Gasteiger charge is 2.30. The summed E-state index contributed by atoms with van der Waals surface area (Å²) in [6.07, 6.45) is 2.30. The van der Waals surface area contributed by atoms with Gasteiger partial charge in [-0.05, 0) is 45.1 Å². The molecule has 1 aliphatic carbocycles. The molecule has 1 saturated carbocycles. The second kappa shape index (κ2) is 6.04. The minimum absolute atomic E-state index is 0.222. The molecule has 118 valence electrons. The molecule has 5 nitrogen and oxygen atoms in total. The van der Waals surface area contributed by atoms with E-state index >= 15 is 0 Å². The predicted octanol–water partition coefficient (Wildman–Crippen LogP) is 3.78. The molecule has 0 unspecified atom stereocenters. The minimum atomic E-state index is -0.454. The second-order valence-corrected chi connectivity index (χ2v) is 8.15. The van der Waals surface area contributed by atoms with E-state index in [1.165, 1.54) is 11.8 Å². The summed E-state index contributed by atoms with van der Waals surface area (Å²) in [6, 6.07) is 4.53. The molecule has 0 aliphatic heterocycles. The number of thiophene rings is 1. The molecule has 0 atom stereocenters. The molecule has 1 aliphatic rings. The molecule has 1 fully saturated rings. The largest absolute Gasteiger partial charge is 0.459 e. The number of hydrogen-bond donors (Lipinski definition) is 0. The number of carbonyl (C=O) groups excluding carboxylic acids is 1. The Kier molecular flexibility index (Phi) is 4.27. The lowest BCUT2D eigenvalue weighted by Gasteiger charge is -2.19. The smallest absolute Gasteiger partial charge is 0.316 e. The number of nitrogens with zero attached hydrogens (tertiary/aromatic N) is 3. The molecule has 0 N–H and O–H groups in total. The van der Waals surface area contributed by atoms with Gasteiger partial charge in [0.2, 0.25) is 0 Å². The number of aromatic nitrogens is 3. The first-order chi connectivity index (χ1) is 10.4. The van der Waals surface area contributed by atoms with E-state index in [2.05, 4.69) is 20.8 Å². The Morgan fingerprint density at radius 3 is 2.82 bits per heavy atom. The number of carbonyl (C=O) groups is 1. The Hall–Kier alpha value is -1.34. The van der Waals surface area contributed by atoms with Crippen LogP contribution in [0.3, 0.4) is 0 Å². The fraction of sp³-hybridized carbons (Fsp3) is 0.533. The quantitative estimate of drug-likeness (QED) is 0.614. The molecule has 0 amide bonds. The molecule has 7 heteroatoms. The van der Waals surface area contributed by atoms with E-state index in [9.17, 15) is 4.79 Å². The van der Waals surface area contributed by atoms with Gasteiger partial charge in [0.05, 0.1) is 10.6 Å². The van der Waals surface area contributed by atoms with Gasteiger partial charge in [-0.1, -0.05) is 17.8 Å². The summed E-state index contributed by atoms with van der Waals surface area (Å²) in [5, 5.41) is 11.4. The molecule has 0 bridgehead atoms. The summed E-state index contributed by atoms with van der Waals surface area (Å²) < 4.78 is 7.51. The maximum atomic E-state index is 11.9. The van der Waals surface area contributed by atoms with Crippen LogP contribution in [0, 0.1) is 0 Å². The van der Waals surface area contributed by atoms with Gasteiger partial charge in [0, 0.05) is 6.04 Å². The lowest BCUT2D eigenvalue weighted by atomic mass is 10.2. The lowest BCUT2D eigenvalue weighted by molar-refractivity contribution is -0.151. The zero-order chi connectivity index (χ0) is 15.7. The van der Waals surface area contributed by atoms with Gasteiger partial charge in [-0.3, -0.25) is 9.36 Å². The van der Waals surface area contributed by atoms with Crippen LogP contribution in [-0.2, 0) is 9.53 Å². The van der Waals surface area contributed by atoms with Crippen LogP contribution in [0.4, 0.5) is 0 Å². The first kappa shape index (κ1) is 15.6. The molecule has 3 rings (SSSR count). The van der Waals surface area contributed by atoms with Crippen molar-refractivity contribution in [1.82, 2.24) is 14.8 Å². The Morgan fingerprint density at radius 2 is 2.23 bits per heavy atom. The zero-order valence-corrected chi connectivity index (χ0v) is 14.5. The topological polar surface area (TPSA) is 57.0 Å². The van der Waals surface area contributed by atoms with Crippen LogP contribution in [0.15, 0.2) is 22.7 Å². The van der Waals surface area contributed by atoms with Crippen molar-refractivity contribution >= 4 is 29.1 Å². The van der Waals surface area contributed by atoms with E-state index in [-0.39, 0.29) is 11.7 Å². The van der Waals surface area contributed by atoms with Crippen LogP contribution < -0.4 is 0 Å². The van der Waals surface area contributed by atoms with Crippen molar-refractivity contribution in [3.8, 4) is 10.7 Å². The van der Waals surface area contributed by atoms with Crippen LogP contribution >= 0.6 is 23.1 Å². The van der Waals surface area contributed by atoms with Crippen molar-refractivity contribution in [1.29, 1.82) is 0 Å². The Morgan fingerprint density at radius 1 is 1.45 bits per heavy atom. The van der Waals surface area contributed by atoms with Crippen LogP contribution in [0.25, 0.3) is 10.7 Å². The van der Waals surface area contributed by atoms with Gasteiger partial charge in [-0.15, -0.1) is 21.5 Å². The normalized spacial score (nSPS) is 15.0. The first-order valence-electron chi connectivity index (χ1n) is 7.27. The van der Waals surface area contributed by atoms with Crippen molar-refractivity contribution in [2.75, 3.05) is 5.75 Å². The second-order valence-electron chi connectivity index (χ2n) is 6.26. The maximum Gasteiger partial charge on any atom is 0.316 e. The van der Waals surface area contributed by atoms with Gasteiger partial charge in [0.15, 0.2) is 11.0 Å². The number of ether oxygens (including phenoxy) is 1. The van der Waals surface area contributed by atoms with Crippen molar-refractivity contribution in [2.24, 2.45) is 0 Å². The third kappa shape index (κ3) is 3.70. The average molecular weight is 337 g/mol. The third-order valence-corrected chi connectivity index (χ3v) is 4.84. The average Bonchev–Trinajstić information content (AvgIpc) is 2.97. The number of rotatable bonds is 5. The fourth-order valence-electron chi connectivity index (χ4n) is 2.11. The lowest BCUT2D eigenvalue weighted by Crippen LogP contribution is -2.25. The van der Waals surface area contributed by atoms with Crippen molar-refractivity contribution in [3.63, 3.8) is 0 Å². The Bertz CT molecular complexity index is 655. The molecule has 2 aromatic heterocycles. The Balaban J connectivity index is 1.73. The molecular formula is C15H19N3O2S2. The highest BCUT2D eigenvalue weighted by molar-refractivity contribution is 7.99. The van der Waals surface area contributed by atoms with Gasteiger partial charge in [-0.2, -0.15) is 0 Å². The summed E-state index contributed by atoms with van der Waals surface area (Å²) in [7, 11) is 0. The van der Waals surface area contributed by atoms with Gasteiger partial charge < -0.3 is 4.74 Å². The molecule has 2 heterocycles. The molecule has 0 aromatic carbocycles. The fourth-order valence-corrected chi connectivity index (χ4v) is 3.59. The SMILES string of the molecule is CC(C)(C)OC(=O)CSc1nnc(-c2cccs2)n1C1CC1. The van der Waals surface area contributed by atoms with E-state index in [0.717, 1.165) is 28.7 Å². The molecule has 22 heavy (non-hydrogen) atoms. The van der Waals surface area contributed by atoms with E-state index in [0.29, 0.717) is 6.04 Å². The third-order valence-electron chi connectivity index (χ3n) is 3.06. The molecule has 0 spiro atoms. The standard InChI is InChI=1S/C15H19N3O2S2/c1-15(2,3)20-12(19)9-22-14-17-16-13(11-5-4-8-21-11)18(14)10-6-7-10/h4-5,8,10H,6-7,9H2,1-3H3. The molecule has 0 saturated heterocycles. The molecule has 2 aromatic rings. The maximum absolute atomic E-state index is 11.9. The van der Waals surface area contributed by atoms with Crippen LogP contribution in [-0.4, -0.2) is 32.1 Å². The van der Waals surface area contributed by atoms with Crippen LogP contribution in [0.5, 0.6) is 0 Å².